The summed E-state index contributed by atoms with van der Waals surface area (Å²) in [4.78, 5) is 0. The zero-order valence-corrected chi connectivity index (χ0v) is 21.1. The zero-order chi connectivity index (χ0) is 22.0. The van der Waals surface area contributed by atoms with Crippen molar-refractivity contribution < 1.29 is 36.0 Å². The first-order chi connectivity index (χ1) is 13.2. The fourth-order valence-electron chi connectivity index (χ4n) is 3.23. The van der Waals surface area contributed by atoms with Gasteiger partial charge in [-0.25, -0.2) is 0 Å². The van der Waals surface area contributed by atoms with Crippen molar-refractivity contribution in [1.82, 2.24) is 0 Å². The summed E-state index contributed by atoms with van der Waals surface area (Å²) >= 11 is 0. The van der Waals surface area contributed by atoms with E-state index in [1.165, 1.54) is 0 Å². The number of rotatable bonds is 16. The van der Waals surface area contributed by atoms with Crippen LogP contribution in [0.2, 0.25) is 0 Å². The zero-order valence-electron chi connectivity index (χ0n) is 19.1. The number of hydrogen-bond donors (Lipinski definition) is 1. The predicted molar refractivity (Wildman–Crippen MR) is 111 cm³/mol. The van der Waals surface area contributed by atoms with Crippen LogP contribution in [0.3, 0.4) is 0 Å². The second-order valence-corrected chi connectivity index (χ2v) is 12.6. The molecule has 170 valence electrons. The van der Waals surface area contributed by atoms with Crippen molar-refractivity contribution in [3.63, 3.8) is 0 Å². The smallest absolute Gasteiger partial charge is 0.375 e. The molecule has 9 nitrogen and oxygen atoms in total. The molecular weight excluding hydrogens is 402 g/mol. The third-order valence-corrected chi connectivity index (χ3v) is 11.2. The first-order valence-corrected chi connectivity index (χ1v) is 13.2. The molecule has 2 N–H and O–H groups in total. The highest BCUT2D eigenvalue weighted by molar-refractivity contribution is 6.62. The molecular formula is C17H41NO8Si2. The van der Waals surface area contributed by atoms with Crippen LogP contribution in [0, 0.1) is 0 Å². The van der Waals surface area contributed by atoms with Gasteiger partial charge < -0.3 is 41.8 Å². The van der Waals surface area contributed by atoms with Gasteiger partial charge in [-0.15, -0.1) is 0 Å². The van der Waals surface area contributed by atoms with E-state index in [0.717, 1.165) is 0 Å². The Labute approximate surface area is 172 Å². The van der Waals surface area contributed by atoms with Crippen molar-refractivity contribution in [2.75, 3.05) is 42.7 Å². The molecule has 0 rings (SSSR count). The third-order valence-electron chi connectivity index (χ3n) is 5.08. The first-order valence-electron chi connectivity index (χ1n) is 9.58. The summed E-state index contributed by atoms with van der Waals surface area (Å²) in [5, 5.41) is 0. The fourth-order valence-corrected chi connectivity index (χ4v) is 7.57. The highest BCUT2D eigenvalue weighted by Crippen LogP contribution is 2.23. The molecule has 0 saturated carbocycles. The maximum atomic E-state index is 6.44. The number of nitrogens with two attached hydrogens (primary N) is 1. The van der Waals surface area contributed by atoms with E-state index in [0.29, 0.717) is 12.8 Å². The van der Waals surface area contributed by atoms with Gasteiger partial charge in [0, 0.05) is 42.7 Å². The molecule has 0 fully saturated rings. The molecule has 0 heterocycles. The second-order valence-electron chi connectivity index (χ2n) is 6.49. The monoisotopic (exact) mass is 443 g/mol. The van der Waals surface area contributed by atoms with E-state index >= 15 is 0 Å². The van der Waals surface area contributed by atoms with E-state index in [9.17, 15) is 0 Å². The van der Waals surface area contributed by atoms with Crippen LogP contribution in [0.25, 0.3) is 0 Å². The van der Waals surface area contributed by atoms with Gasteiger partial charge >= 0.3 is 17.6 Å². The SMILES string of the molecule is CCC(OC(C)C(N)C(C)OC(CC)[Si](OC)(OC)OC)[Si](OC)(OC)OC. The van der Waals surface area contributed by atoms with Gasteiger partial charge in [-0.3, -0.25) is 0 Å². The van der Waals surface area contributed by atoms with Gasteiger partial charge in [-0.1, -0.05) is 13.8 Å². The van der Waals surface area contributed by atoms with Gasteiger partial charge in [0.25, 0.3) is 0 Å². The average Bonchev–Trinajstić information content (AvgIpc) is 2.73. The van der Waals surface area contributed by atoms with Gasteiger partial charge in [0.1, 0.15) is 11.5 Å². The summed E-state index contributed by atoms with van der Waals surface area (Å²) in [7, 11) is 3.51. The lowest BCUT2D eigenvalue weighted by atomic mass is 10.1. The Morgan fingerprint density at radius 3 is 1.04 bits per heavy atom. The molecule has 4 unspecified atom stereocenters. The van der Waals surface area contributed by atoms with E-state index in [1.54, 1.807) is 42.7 Å². The summed E-state index contributed by atoms with van der Waals surface area (Å²) < 4.78 is 45.7. The molecule has 0 bridgehead atoms. The Balaban J connectivity index is 5.21. The average molecular weight is 444 g/mol. The molecule has 28 heavy (non-hydrogen) atoms. The topological polar surface area (TPSA) is 99.9 Å². The summed E-state index contributed by atoms with van der Waals surface area (Å²) in [5.41, 5.74) is 5.76. The van der Waals surface area contributed by atoms with Crippen molar-refractivity contribution in [3.8, 4) is 0 Å². The van der Waals surface area contributed by atoms with Crippen molar-refractivity contribution in [3.05, 3.63) is 0 Å². The summed E-state index contributed by atoms with van der Waals surface area (Å²) in [6.45, 7) is 7.79. The van der Waals surface area contributed by atoms with E-state index in [1.807, 2.05) is 27.7 Å². The van der Waals surface area contributed by atoms with E-state index in [4.69, 9.17) is 41.8 Å². The van der Waals surface area contributed by atoms with Crippen LogP contribution < -0.4 is 5.73 Å². The predicted octanol–water partition coefficient (Wildman–Crippen LogP) is 1.52. The second kappa shape index (κ2) is 13.4. The molecule has 0 amide bonds. The van der Waals surface area contributed by atoms with Crippen molar-refractivity contribution in [2.45, 2.75) is 70.2 Å². The minimum atomic E-state index is -2.95. The molecule has 0 aliphatic carbocycles. The number of hydrogen-bond acceptors (Lipinski definition) is 9. The molecule has 0 radical (unpaired) electrons. The Bertz CT molecular complexity index is 360. The quantitative estimate of drug-likeness (QED) is 0.356. The Morgan fingerprint density at radius 2 is 0.857 bits per heavy atom. The van der Waals surface area contributed by atoms with Crippen LogP contribution in [-0.2, 0) is 36.0 Å². The van der Waals surface area contributed by atoms with Crippen LogP contribution in [0.1, 0.15) is 40.5 Å². The Hall–Kier alpha value is 0.0738. The van der Waals surface area contributed by atoms with E-state index < -0.39 is 23.7 Å². The summed E-state index contributed by atoms with van der Waals surface area (Å²) in [5.74, 6) is 0. The van der Waals surface area contributed by atoms with E-state index in [2.05, 4.69) is 0 Å². The minimum Gasteiger partial charge on any atom is -0.375 e. The fraction of sp³-hybridized carbons (Fsp3) is 1.00. The highest BCUT2D eigenvalue weighted by atomic mass is 28.4. The maximum absolute atomic E-state index is 6.44. The standard InChI is InChI=1S/C17H41NO8Si2/c1-11-15(27(19-5,20-6)21-7)25-13(3)17(18)14(4)26-16(12-2)28(22-8,23-9)24-10/h13-17H,11-12,18H2,1-10H3. The van der Waals surface area contributed by atoms with Gasteiger partial charge in [-0.05, 0) is 26.7 Å². The molecule has 0 aromatic rings. The number of ether oxygens (including phenoxy) is 2. The normalized spacial score (nSPS) is 18.5. The summed E-state index contributed by atoms with van der Waals surface area (Å²) in [6.07, 6.45) is 0.680. The maximum Gasteiger partial charge on any atom is 0.530 e. The minimum absolute atomic E-state index is 0.325. The van der Waals surface area contributed by atoms with Crippen LogP contribution in [0.5, 0.6) is 0 Å². The molecule has 0 aromatic heterocycles. The van der Waals surface area contributed by atoms with Gasteiger partial charge in [0.05, 0.1) is 18.2 Å². The van der Waals surface area contributed by atoms with Crippen molar-refractivity contribution in [2.24, 2.45) is 5.73 Å². The molecule has 0 spiro atoms. The van der Waals surface area contributed by atoms with Crippen LogP contribution >= 0.6 is 0 Å². The molecule has 0 aliphatic heterocycles. The molecule has 4 atom stereocenters. The molecule has 11 heteroatoms. The Morgan fingerprint density at radius 1 is 0.607 bits per heavy atom. The lowest BCUT2D eigenvalue weighted by Crippen LogP contribution is -2.60. The first kappa shape index (κ1) is 28.1. The lowest BCUT2D eigenvalue weighted by molar-refractivity contribution is -0.0771. The molecule has 0 aliphatic rings. The Kier molecular flexibility index (Phi) is 13.4. The van der Waals surface area contributed by atoms with Gasteiger partial charge in [-0.2, -0.15) is 0 Å². The van der Waals surface area contributed by atoms with Crippen molar-refractivity contribution >= 4 is 17.6 Å². The summed E-state index contributed by atoms with van der Waals surface area (Å²) in [6, 6.07) is -0.405. The lowest BCUT2D eigenvalue weighted by Gasteiger charge is -2.38. The molecule has 0 aromatic carbocycles. The van der Waals surface area contributed by atoms with Crippen LogP contribution in [0.4, 0.5) is 0 Å². The largest absolute Gasteiger partial charge is 0.530 e. The highest BCUT2D eigenvalue weighted by Gasteiger charge is 2.50. The van der Waals surface area contributed by atoms with Crippen molar-refractivity contribution in [1.29, 1.82) is 0 Å². The third kappa shape index (κ3) is 6.54. The van der Waals surface area contributed by atoms with Gasteiger partial charge in [0.2, 0.25) is 0 Å². The van der Waals surface area contributed by atoms with Crippen LogP contribution in [0.15, 0.2) is 0 Å². The van der Waals surface area contributed by atoms with Crippen LogP contribution in [-0.4, -0.2) is 90.0 Å². The molecule has 0 saturated heterocycles. The van der Waals surface area contributed by atoms with Gasteiger partial charge in [0.15, 0.2) is 0 Å². The van der Waals surface area contributed by atoms with E-state index in [-0.39, 0.29) is 23.7 Å².